The lowest BCUT2D eigenvalue weighted by molar-refractivity contribution is 0.158. The summed E-state index contributed by atoms with van der Waals surface area (Å²) in [6.07, 6.45) is 0.451. The van der Waals surface area contributed by atoms with Gasteiger partial charge in [-0.1, -0.05) is 12.1 Å². The number of aliphatic hydroxyl groups is 1. The van der Waals surface area contributed by atoms with Crippen molar-refractivity contribution in [3.8, 4) is 0 Å². The molecular formula is C10H12BrNO. The predicted octanol–water partition coefficient (Wildman–Crippen LogP) is 2.69. The van der Waals surface area contributed by atoms with E-state index in [2.05, 4.69) is 28.2 Å². The molecule has 0 fully saturated rings. The van der Waals surface area contributed by atoms with E-state index in [9.17, 15) is 5.11 Å². The number of fused-ring (bicyclic) bond motifs is 1. The maximum absolute atomic E-state index is 9.80. The molecular weight excluding hydrogens is 230 g/mol. The van der Waals surface area contributed by atoms with Gasteiger partial charge in [-0.15, -0.1) is 0 Å². The first-order valence-corrected chi connectivity index (χ1v) is 5.21. The number of anilines is 1. The average Bonchev–Trinajstić information content (AvgIpc) is 2.07. The van der Waals surface area contributed by atoms with Gasteiger partial charge in [0.05, 0.1) is 11.8 Å². The van der Waals surface area contributed by atoms with Gasteiger partial charge in [-0.25, -0.2) is 0 Å². The minimum atomic E-state index is -0.330. The smallest absolute Gasteiger partial charge is 0.0829 e. The molecule has 0 aromatic heterocycles. The van der Waals surface area contributed by atoms with E-state index in [0.717, 1.165) is 22.1 Å². The molecule has 70 valence electrons. The summed E-state index contributed by atoms with van der Waals surface area (Å²) in [5.41, 5.74) is 2.03. The molecule has 0 saturated carbocycles. The largest absolute Gasteiger partial charge is 0.388 e. The van der Waals surface area contributed by atoms with Gasteiger partial charge in [0.15, 0.2) is 0 Å². The van der Waals surface area contributed by atoms with Crippen LogP contribution in [0, 0.1) is 0 Å². The molecule has 0 saturated heterocycles. The topological polar surface area (TPSA) is 32.3 Å². The second kappa shape index (κ2) is 3.31. The maximum atomic E-state index is 9.80. The van der Waals surface area contributed by atoms with E-state index in [0.29, 0.717) is 6.04 Å². The van der Waals surface area contributed by atoms with Crippen molar-refractivity contribution in [2.24, 2.45) is 0 Å². The van der Waals surface area contributed by atoms with Crippen molar-refractivity contribution in [1.82, 2.24) is 0 Å². The number of rotatable bonds is 0. The van der Waals surface area contributed by atoms with Crippen molar-refractivity contribution < 1.29 is 5.11 Å². The fourth-order valence-electron chi connectivity index (χ4n) is 1.74. The third-order valence-electron chi connectivity index (χ3n) is 2.37. The predicted molar refractivity (Wildman–Crippen MR) is 56.8 cm³/mol. The highest BCUT2D eigenvalue weighted by Crippen LogP contribution is 2.37. The first kappa shape index (κ1) is 9.03. The number of hydrogen-bond donors (Lipinski definition) is 2. The summed E-state index contributed by atoms with van der Waals surface area (Å²) >= 11 is 3.46. The number of para-hydroxylation sites is 1. The zero-order chi connectivity index (χ0) is 9.42. The Kier molecular flexibility index (Phi) is 2.30. The van der Waals surface area contributed by atoms with Crippen LogP contribution in [0.25, 0.3) is 0 Å². The number of benzene rings is 1. The molecule has 3 heteroatoms. The summed E-state index contributed by atoms with van der Waals surface area (Å²) in [7, 11) is 0. The van der Waals surface area contributed by atoms with Gasteiger partial charge < -0.3 is 10.4 Å². The van der Waals surface area contributed by atoms with Gasteiger partial charge in [-0.05, 0) is 35.3 Å². The molecule has 1 aromatic carbocycles. The summed E-state index contributed by atoms with van der Waals surface area (Å²) in [5.74, 6) is 0. The summed E-state index contributed by atoms with van der Waals surface area (Å²) in [6, 6.07) is 6.23. The Bertz CT molecular complexity index is 327. The standard InChI is InChI=1S/C10H12BrNO/c1-6-5-9(13)7-3-2-4-8(11)10(7)12-6/h2-4,6,9,12-13H,5H2,1H3. The van der Waals surface area contributed by atoms with Crippen LogP contribution in [0.4, 0.5) is 5.69 Å². The molecule has 0 bridgehead atoms. The van der Waals surface area contributed by atoms with E-state index < -0.39 is 0 Å². The van der Waals surface area contributed by atoms with Crippen LogP contribution >= 0.6 is 15.9 Å². The molecule has 2 rings (SSSR count). The quantitative estimate of drug-likeness (QED) is 0.733. The fraction of sp³-hybridized carbons (Fsp3) is 0.400. The van der Waals surface area contributed by atoms with Crippen LogP contribution in [0.3, 0.4) is 0 Å². The van der Waals surface area contributed by atoms with Crippen LogP contribution in [-0.4, -0.2) is 11.1 Å². The lowest BCUT2D eigenvalue weighted by Gasteiger charge is -2.29. The van der Waals surface area contributed by atoms with E-state index in [1.54, 1.807) is 0 Å². The molecule has 1 aliphatic rings. The Balaban J connectivity index is 2.49. The van der Waals surface area contributed by atoms with Crippen LogP contribution in [0.15, 0.2) is 22.7 Å². The summed E-state index contributed by atoms with van der Waals surface area (Å²) in [5, 5.41) is 13.1. The SMILES string of the molecule is CC1CC(O)c2cccc(Br)c2N1. The molecule has 0 radical (unpaired) electrons. The first-order chi connectivity index (χ1) is 6.18. The molecule has 0 amide bonds. The number of hydrogen-bond acceptors (Lipinski definition) is 2. The van der Waals surface area contributed by atoms with Gasteiger partial charge in [-0.2, -0.15) is 0 Å². The van der Waals surface area contributed by atoms with Crippen LogP contribution < -0.4 is 5.32 Å². The highest BCUT2D eigenvalue weighted by Gasteiger charge is 2.23. The molecule has 2 atom stereocenters. The van der Waals surface area contributed by atoms with Crippen LogP contribution in [0.1, 0.15) is 25.0 Å². The van der Waals surface area contributed by atoms with Gasteiger partial charge in [0.1, 0.15) is 0 Å². The van der Waals surface area contributed by atoms with Gasteiger partial charge in [-0.3, -0.25) is 0 Å². The van der Waals surface area contributed by atoms with Gasteiger partial charge in [0, 0.05) is 16.1 Å². The Morgan fingerprint density at radius 1 is 1.54 bits per heavy atom. The van der Waals surface area contributed by atoms with Crippen LogP contribution in [0.2, 0.25) is 0 Å². The highest BCUT2D eigenvalue weighted by atomic mass is 79.9. The van der Waals surface area contributed by atoms with Crippen molar-refractivity contribution in [2.75, 3.05) is 5.32 Å². The fourth-order valence-corrected chi connectivity index (χ4v) is 2.23. The molecule has 1 heterocycles. The van der Waals surface area contributed by atoms with Gasteiger partial charge in [0.25, 0.3) is 0 Å². The minimum absolute atomic E-state index is 0.330. The number of nitrogens with one attached hydrogen (secondary N) is 1. The molecule has 2 nitrogen and oxygen atoms in total. The number of halogens is 1. The van der Waals surface area contributed by atoms with E-state index in [1.165, 1.54) is 0 Å². The Morgan fingerprint density at radius 2 is 2.31 bits per heavy atom. The maximum Gasteiger partial charge on any atom is 0.0829 e. The molecule has 1 aliphatic heterocycles. The van der Waals surface area contributed by atoms with E-state index in [-0.39, 0.29) is 6.10 Å². The lowest BCUT2D eigenvalue weighted by atomic mass is 9.96. The zero-order valence-electron chi connectivity index (χ0n) is 7.42. The zero-order valence-corrected chi connectivity index (χ0v) is 9.01. The second-order valence-electron chi connectivity index (χ2n) is 3.50. The van der Waals surface area contributed by atoms with E-state index in [1.807, 2.05) is 18.2 Å². The molecule has 0 aliphatic carbocycles. The van der Waals surface area contributed by atoms with Crippen LogP contribution in [0.5, 0.6) is 0 Å². The third-order valence-corrected chi connectivity index (χ3v) is 3.03. The Morgan fingerprint density at radius 3 is 3.08 bits per heavy atom. The number of aliphatic hydroxyl groups excluding tert-OH is 1. The normalized spacial score (nSPS) is 26.4. The summed E-state index contributed by atoms with van der Waals surface area (Å²) < 4.78 is 1.02. The van der Waals surface area contributed by atoms with Crippen molar-refractivity contribution in [3.63, 3.8) is 0 Å². The molecule has 0 spiro atoms. The monoisotopic (exact) mass is 241 g/mol. The average molecular weight is 242 g/mol. The summed E-state index contributed by atoms with van der Waals surface area (Å²) in [6.45, 7) is 2.08. The van der Waals surface area contributed by atoms with E-state index in [4.69, 9.17) is 0 Å². The lowest BCUT2D eigenvalue weighted by Crippen LogP contribution is -2.25. The minimum Gasteiger partial charge on any atom is -0.388 e. The van der Waals surface area contributed by atoms with Crippen molar-refractivity contribution in [3.05, 3.63) is 28.2 Å². The Labute approximate surface area is 86.1 Å². The second-order valence-corrected chi connectivity index (χ2v) is 4.36. The van der Waals surface area contributed by atoms with Crippen molar-refractivity contribution in [1.29, 1.82) is 0 Å². The first-order valence-electron chi connectivity index (χ1n) is 4.41. The van der Waals surface area contributed by atoms with Crippen molar-refractivity contribution in [2.45, 2.75) is 25.5 Å². The molecule has 2 unspecified atom stereocenters. The van der Waals surface area contributed by atoms with E-state index >= 15 is 0 Å². The molecule has 2 N–H and O–H groups in total. The van der Waals surface area contributed by atoms with Crippen LogP contribution in [-0.2, 0) is 0 Å². The van der Waals surface area contributed by atoms with Crippen molar-refractivity contribution >= 4 is 21.6 Å². The van der Waals surface area contributed by atoms with Gasteiger partial charge in [0.2, 0.25) is 0 Å². The Hall–Kier alpha value is -0.540. The summed E-state index contributed by atoms with van der Waals surface area (Å²) in [4.78, 5) is 0. The molecule has 1 aromatic rings. The van der Waals surface area contributed by atoms with Gasteiger partial charge >= 0.3 is 0 Å². The highest BCUT2D eigenvalue weighted by molar-refractivity contribution is 9.10. The third kappa shape index (κ3) is 1.58. The molecule has 13 heavy (non-hydrogen) atoms.